The lowest BCUT2D eigenvalue weighted by Crippen LogP contribution is -2.43. The number of nitrogens with one attached hydrogen (secondary N) is 2. The molecule has 0 radical (unpaired) electrons. The van der Waals surface area contributed by atoms with E-state index in [1.165, 1.54) is 0 Å². The van der Waals surface area contributed by atoms with E-state index in [1.807, 2.05) is 6.92 Å². The fraction of sp³-hybridized carbons (Fsp3) is 0.692. The molecule has 2 atom stereocenters. The van der Waals surface area contributed by atoms with Crippen LogP contribution in [0.3, 0.4) is 0 Å². The number of hydrogen-bond donors (Lipinski definition) is 3. The summed E-state index contributed by atoms with van der Waals surface area (Å²) >= 11 is 0. The maximum Gasteiger partial charge on any atom is 0.224 e. The van der Waals surface area contributed by atoms with Crippen LogP contribution in [0.15, 0.2) is 12.3 Å². The zero-order valence-electron chi connectivity index (χ0n) is 11.5. The lowest BCUT2D eigenvalue weighted by Gasteiger charge is -2.26. The Morgan fingerprint density at radius 2 is 2.37 bits per heavy atom. The number of nitrogens with zero attached hydrogens (tertiary/aromatic N) is 2. The molecule has 1 aromatic rings. The second kappa shape index (κ2) is 6.16. The predicted molar refractivity (Wildman–Crippen MR) is 74.3 cm³/mol. The molecule has 2 unspecified atom stereocenters. The smallest absolute Gasteiger partial charge is 0.224 e. The van der Waals surface area contributed by atoms with Crippen molar-refractivity contribution in [2.24, 2.45) is 0 Å². The van der Waals surface area contributed by atoms with Crippen LogP contribution in [0.4, 0.5) is 11.8 Å². The molecule has 106 valence electrons. The van der Waals surface area contributed by atoms with Gasteiger partial charge in [-0.2, -0.15) is 4.98 Å². The molecule has 0 amide bonds. The topological polar surface area (TPSA) is 79.3 Å². The highest BCUT2D eigenvalue weighted by molar-refractivity contribution is 5.39. The number of ether oxygens (including phenoxy) is 1. The summed E-state index contributed by atoms with van der Waals surface area (Å²) in [6, 6.07) is 1.79. The molecule has 0 aromatic carbocycles. The van der Waals surface area contributed by atoms with Crippen LogP contribution in [-0.4, -0.2) is 46.5 Å². The molecule has 1 saturated heterocycles. The van der Waals surface area contributed by atoms with E-state index < -0.39 is 5.60 Å². The van der Waals surface area contributed by atoms with E-state index in [1.54, 1.807) is 12.3 Å². The molecule has 1 aliphatic heterocycles. The van der Waals surface area contributed by atoms with Crippen molar-refractivity contribution < 1.29 is 9.84 Å². The maximum absolute atomic E-state index is 10.4. The SMILES string of the molecule is CCCNc1nccc(NCC2(O)CCOC2C)n1. The summed E-state index contributed by atoms with van der Waals surface area (Å²) in [4.78, 5) is 8.48. The van der Waals surface area contributed by atoms with Crippen molar-refractivity contribution in [1.29, 1.82) is 0 Å². The minimum atomic E-state index is -0.817. The number of rotatable bonds is 6. The molecule has 6 nitrogen and oxygen atoms in total. The van der Waals surface area contributed by atoms with Gasteiger partial charge in [0.2, 0.25) is 5.95 Å². The van der Waals surface area contributed by atoms with Crippen LogP contribution >= 0.6 is 0 Å². The van der Waals surface area contributed by atoms with Crippen molar-refractivity contribution in [3.8, 4) is 0 Å². The average molecular weight is 266 g/mol. The first-order valence-corrected chi connectivity index (χ1v) is 6.79. The van der Waals surface area contributed by atoms with Crippen LogP contribution in [0.1, 0.15) is 26.7 Å². The third-order valence-electron chi connectivity index (χ3n) is 3.42. The highest BCUT2D eigenvalue weighted by Crippen LogP contribution is 2.25. The number of aromatic nitrogens is 2. The van der Waals surface area contributed by atoms with Crippen molar-refractivity contribution in [1.82, 2.24) is 9.97 Å². The highest BCUT2D eigenvalue weighted by Gasteiger charge is 2.39. The van der Waals surface area contributed by atoms with Crippen LogP contribution in [0, 0.1) is 0 Å². The molecule has 1 fully saturated rings. The summed E-state index contributed by atoms with van der Waals surface area (Å²) in [6.45, 7) is 5.86. The first-order chi connectivity index (χ1) is 9.14. The number of anilines is 2. The second-order valence-electron chi connectivity index (χ2n) is 4.91. The van der Waals surface area contributed by atoms with Gasteiger partial charge < -0.3 is 20.5 Å². The van der Waals surface area contributed by atoms with Gasteiger partial charge in [-0.05, 0) is 19.4 Å². The average Bonchev–Trinajstić information content (AvgIpc) is 2.75. The molecule has 0 aliphatic carbocycles. The predicted octanol–water partition coefficient (Wildman–Crippen LogP) is 1.25. The Kier molecular flexibility index (Phi) is 4.55. The van der Waals surface area contributed by atoms with Crippen LogP contribution in [-0.2, 0) is 4.74 Å². The van der Waals surface area contributed by atoms with E-state index in [0.29, 0.717) is 31.3 Å². The van der Waals surface area contributed by atoms with Crippen LogP contribution in [0.2, 0.25) is 0 Å². The van der Waals surface area contributed by atoms with Crippen molar-refractivity contribution in [2.45, 2.75) is 38.4 Å². The molecule has 0 spiro atoms. The molecule has 1 aliphatic rings. The van der Waals surface area contributed by atoms with E-state index in [4.69, 9.17) is 4.74 Å². The van der Waals surface area contributed by atoms with Gasteiger partial charge >= 0.3 is 0 Å². The quantitative estimate of drug-likeness (QED) is 0.719. The summed E-state index contributed by atoms with van der Waals surface area (Å²) in [5.74, 6) is 1.32. The number of hydrogen-bond acceptors (Lipinski definition) is 6. The van der Waals surface area contributed by atoms with Gasteiger partial charge in [-0.15, -0.1) is 0 Å². The van der Waals surface area contributed by atoms with E-state index in [-0.39, 0.29) is 6.10 Å². The fourth-order valence-electron chi connectivity index (χ4n) is 2.03. The van der Waals surface area contributed by atoms with Crippen LogP contribution in [0.25, 0.3) is 0 Å². The Bertz CT molecular complexity index is 415. The first-order valence-electron chi connectivity index (χ1n) is 6.79. The summed E-state index contributed by atoms with van der Waals surface area (Å²) in [5, 5.41) is 16.7. The van der Waals surface area contributed by atoms with Gasteiger partial charge in [0, 0.05) is 32.3 Å². The van der Waals surface area contributed by atoms with Gasteiger partial charge in [-0.25, -0.2) is 4.98 Å². The summed E-state index contributed by atoms with van der Waals surface area (Å²) < 4.78 is 5.40. The third-order valence-corrected chi connectivity index (χ3v) is 3.42. The minimum Gasteiger partial charge on any atom is -0.385 e. The Balaban J connectivity index is 1.92. The molecule has 6 heteroatoms. The Hall–Kier alpha value is -1.40. The lowest BCUT2D eigenvalue weighted by atomic mass is 9.97. The van der Waals surface area contributed by atoms with E-state index in [2.05, 4.69) is 27.5 Å². The molecule has 2 heterocycles. The van der Waals surface area contributed by atoms with Crippen LogP contribution < -0.4 is 10.6 Å². The van der Waals surface area contributed by atoms with Crippen molar-refractivity contribution in [3.63, 3.8) is 0 Å². The van der Waals surface area contributed by atoms with Gasteiger partial charge in [0.25, 0.3) is 0 Å². The monoisotopic (exact) mass is 266 g/mol. The molecule has 3 N–H and O–H groups in total. The molecular weight excluding hydrogens is 244 g/mol. The number of aliphatic hydroxyl groups is 1. The molecule has 19 heavy (non-hydrogen) atoms. The fourth-order valence-corrected chi connectivity index (χ4v) is 2.03. The summed E-state index contributed by atoms with van der Waals surface area (Å²) in [7, 11) is 0. The van der Waals surface area contributed by atoms with Gasteiger partial charge in [0.1, 0.15) is 11.4 Å². The van der Waals surface area contributed by atoms with Gasteiger partial charge in [-0.1, -0.05) is 6.92 Å². The second-order valence-corrected chi connectivity index (χ2v) is 4.91. The molecule has 0 bridgehead atoms. The normalized spacial score (nSPS) is 26.4. The van der Waals surface area contributed by atoms with E-state index in [9.17, 15) is 5.11 Å². The highest BCUT2D eigenvalue weighted by atomic mass is 16.5. The molecule has 2 rings (SSSR count). The van der Waals surface area contributed by atoms with Crippen molar-refractivity contribution in [2.75, 3.05) is 30.3 Å². The molecule has 0 saturated carbocycles. The van der Waals surface area contributed by atoms with Crippen molar-refractivity contribution >= 4 is 11.8 Å². The third kappa shape index (κ3) is 3.54. The minimum absolute atomic E-state index is 0.153. The zero-order chi connectivity index (χ0) is 13.7. The largest absolute Gasteiger partial charge is 0.385 e. The van der Waals surface area contributed by atoms with Crippen molar-refractivity contribution in [3.05, 3.63) is 12.3 Å². The zero-order valence-corrected chi connectivity index (χ0v) is 11.5. The summed E-state index contributed by atoms with van der Waals surface area (Å²) in [6.07, 6.45) is 3.22. The summed E-state index contributed by atoms with van der Waals surface area (Å²) in [5.41, 5.74) is -0.817. The van der Waals surface area contributed by atoms with E-state index >= 15 is 0 Å². The van der Waals surface area contributed by atoms with Gasteiger partial charge in [0.15, 0.2) is 0 Å². The Morgan fingerprint density at radius 1 is 1.53 bits per heavy atom. The molecule has 1 aromatic heterocycles. The van der Waals surface area contributed by atoms with E-state index in [0.717, 1.165) is 13.0 Å². The maximum atomic E-state index is 10.4. The van der Waals surface area contributed by atoms with Gasteiger partial charge in [-0.3, -0.25) is 0 Å². The Morgan fingerprint density at radius 3 is 3.05 bits per heavy atom. The van der Waals surface area contributed by atoms with Crippen LogP contribution in [0.5, 0.6) is 0 Å². The lowest BCUT2D eigenvalue weighted by molar-refractivity contribution is -0.0176. The standard InChI is InChI=1S/C13H22N4O2/c1-3-6-14-12-15-7-4-11(17-12)16-9-13(18)5-8-19-10(13)2/h4,7,10,18H,3,5-6,8-9H2,1-2H3,(H2,14,15,16,17). The van der Waals surface area contributed by atoms with Gasteiger partial charge in [0.05, 0.1) is 6.10 Å². The first kappa shape index (κ1) is 14.0. The Labute approximate surface area is 113 Å². The molecular formula is C13H22N4O2.